The molecule has 2 aromatic rings. The first kappa shape index (κ1) is 19.9. The molecular formula is C23H29N3O2. The molecule has 5 heteroatoms. The maximum Gasteiger partial charge on any atom is 0.321 e. The Morgan fingerprint density at radius 2 is 1.82 bits per heavy atom. The number of hydrogen-bond donors (Lipinski definition) is 2. The zero-order valence-corrected chi connectivity index (χ0v) is 16.9. The Labute approximate surface area is 167 Å². The molecule has 0 saturated carbocycles. The zero-order chi connectivity index (χ0) is 20.1. The van der Waals surface area contributed by atoms with Gasteiger partial charge in [-0.1, -0.05) is 42.0 Å². The summed E-state index contributed by atoms with van der Waals surface area (Å²) in [6.07, 6.45) is 1.59. The van der Waals surface area contributed by atoms with Gasteiger partial charge in [-0.25, -0.2) is 4.79 Å². The summed E-state index contributed by atoms with van der Waals surface area (Å²) < 4.78 is 0. The summed E-state index contributed by atoms with van der Waals surface area (Å²) >= 11 is 0. The highest BCUT2D eigenvalue weighted by Crippen LogP contribution is 2.30. The fourth-order valence-electron chi connectivity index (χ4n) is 3.63. The summed E-state index contributed by atoms with van der Waals surface area (Å²) in [5.74, 6) is 0.00105. The summed E-state index contributed by atoms with van der Waals surface area (Å²) in [5, 5.41) is 6.00. The Hall–Kier alpha value is -2.82. The van der Waals surface area contributed by atoms with Gasteiger partial charge >= 0.3 is 6.03 Å². The predicted molar refractivity (Wildman–Crippen MR) is 112 cm³/mol. The number of hydrogen-bond acceptors (Lipinski definition) is 2. The molecular weight excluding hydrogens is 350 g/mol. The van der Waals surface area contributed by atoms with Gasteiger partial charge in [0.15, 0.2) is 0 Å². The van der Waals surface area contributed by atoms with Crippen molar-refractivity contribution >= 4 is 17.6 Å². The SMILES string of the molecule is Cc1ccc(CNC(=O)[C@@]2(C)CCCN(C(=O)Nc3cccc(C)c3)C2)cc1. The highest BCUT2D eigenvalue weighted by atomic mass is 16.2. The average molecular weight is 380 g/mol. The summed E-state index contributed by atoms with van der Waals surface area (Å²) in [4.78, 5) is 27.3. The number of aryl methyl sites for hydroxylation is 2. The number of nitrogens with zero attached hydrogens (tertiary/aromatic N) is 1. The normalized spacial score (nSPS) is 19.2. The van der Waals surface area contributed by atoms with Crippen LogP contribution in [0.4, 0.5) is 10.5 Å². The second-order valence-corrected chi connectivity index (χ2v) is 8.05. The molecule has 148 valence electrons. The van der Waals surface area contributed by atoms with Gasteiger partial charge in [0.2, 0.25) is 5.91 Å². The smallest absolute Gasteiger partial charge is 0.321 e. The van der Waals surface area contributed by atoms with E-state index in [4.69, 9.17) is 0 Å². The molecule has 1 fully saturated rings. The summed E-state index contributed by atoms with van der Waals surface area (Å²) in [6.45, 7) is 7.57. The minimum atomic E-state index is -0.576. The van der Waals surface area contributed by atoms with Crippen molar-refractivity contribution in [3.8, 4) is 0 Å². The van der Waals surface area contributed by atoms with E-state index >= 15 is 0 Å². The largest absolute Gasteiger partial charge is 0.351 e. The van der Waals surface area contributed by atoms with Crippen LogP contribution in [0.3, 0.4) is 0 Å². The molecule has 1 aliphatic heterocycles. The van der Waals surface area contributed by atoms with E-state index in [-0.39, 0.29) is 11.9 Å². The van der Waals surface area contributed by atoms with Crippen molar-refractivity contribution in [3.63, 3.8) is 0 Å². The van der Waals surface area contributed by atoms with Gasteiger partial charge in [0.05, 0.1) is 5.41 Å². The minimum Gasteiger partial charge on any atom is -0.351 e. The third-order valence-corrected chi connectivity index (χ3v) is 5.37. The van der Waals surface area contributed by atoms with Crippen molar-refractivity contribution in [3.05, 3.63) is 65.2 Å². The Kier molecular flexibility index (Phi) is 6.02. The third kappa shape index (κ3) is 4.91. The van der Waals surface area contributed by atoms with E-state index in [1.54, 1.807) is 4.90 Å². The molecule has 2 N–H and O–H groups in total. The fraction of sp³-hybridized carbons (Fsp3) is 0.391. The number of piperidine rings is 1. The monoisotopic (exact) mass is 379 g/mol. The Morgan fingerprint density at radius 3 is 2.54 bits per heavy atom. The minimum absolute atomic E-state index is 0.00105. The number of likely N-dealkylation sites (tertiary alicyclic amines) is 1. The van der Waals surface area contributed by atoms with E-state index in [9.17, 15) is 9.59 Å². The average Bonchev–Trinajstić information content (AvgIpc) is 2.67. The predicted octanol–water partition coefficient (Wildman–Crippen LogP) is 4.25. The number of rotatable bonds is 4. The van der Waals surface area contributed by atoms with Gasteiger partial charge in [-0.3, -0.25) is 4.79 Å². The Morgan fingerprint density at radius 1 is 1.07 bits per heavy atom. The van der Waals surface area contributed by atoms with Crippen LogP contribution in [0, 0.1) is 19.3 Å². The molecule has 1 saturated heterocycles. The van der Waals surface area contributed by atoms with E-state index < -0.39 is 5.41 Å². The topological polar surface area (TPSA) is 61.4 Å². The molecule has 1 heterocycles. The quantitative estimate of drug-likeness (QED) is 0.834. The van der Waals surface area contributed by atoms with Gasteiger partial charge in [-0.05, 0) is 56.9 Å². The van der Waals surface area contributed by atoms with Crippen LogP contribution in [0.15, 0.2) is 48.5 Å². The molecule has 0 bridgehead atoms. The third-order valence-electron chi connectivity index (χ3n) is 5.37. The summed E-state index contributed by atoms with van der Waals surface area (Å²) in [6, 6.07) is 15.7. The molecule has 1 atom stereocenters. The number of benzene rings is 2. The van der Waals surface area contributed by atoms with Crippen LogP contribution in [-0.2, 0) is 11.3 Å². The van der Waals surface area contributed by atoms with Crippen LogP contribution in [0.25, 0.3) is 0 Å². The van der Waals surface area contributed by atoms with Crippen molar-refractivity contribution in [1.29, 1.82) is 0 Å². The first-order valence-corrected chi connectivity index (χ1v) is 9.82. The summed E-state index contributed by atoms with van der Waals surface area (Å²) in [7, 11) is 0. The number of nitrogens with one attached hydrogen (secondary N) is 2. The van der Waals surface area contributed by atoms with Crippen LogP contribution in [0.2, 0.25) is 0 Å². The lowest BCUT2D eigenvalue weighted by atomic mass is 9.81. The molecule has 0 aliphatic carbocycles. The zero-order valence-electron chi connectivity index (χ0n) is 16.9. The molecule has 3 amide bonds. The Bertz CT molecular complexity index is 847. The molecule has 0 aromatic heterocycles. The van der Waals surface area contributed by atoms with Crippen LogP contribution < -0.4 is 10.6 Å². The van der Waals surface area contributed by atoms with Gasteiger partial charge in [0, 0.05) is 25.3 Å². The van der Waals surface area contributed by atoms with E-state index in [1.165, 1.54) is 5.56 Å². The molecule has 0 spiro atoms. The van der Waals surface area contributed by atoms with E-state index in [0.717, 1.165) is 29.7 Å². The van der Waals surface area contributed by atoms with Crippen LogP contribution in [-0.4, -0.2) is 29.9 Å². The van der Waals surface area contributed by atoms with Gasteiger partial charge in [-0.2, -0.15) is 0 Å². The molecule has 2 aromatic carbocycles. The van der Waals surface area contributed by atoms with Gasteiger partial charge in [0.1, 0.15) is 0 Å². The molecule has 1 aliphatic rings. The highest BCUT2D eigenvalue weighted by Gasteiger charge is 2.39. The number of urea groups is 1. The van der Waals surface area contributed by atoms with Crippen molar-refractivity contribution in [2.45, 2.75) is 40.2 Å². The number of carbonyl (C=O) groups is 2. The Balaban J connectivity index is 1.59. The van der Waals surface area contributed by atoms with Crippen LogP contribution in [0.5, 0.6) is 0 Å². The lowest BCUT2D eigenvalue weighted by molar-refractivity contribution is -0.132. The van der Waals surface area contributed by atoms with Gasteiger partial charge in [0.25, 0.3) is 0 Å². The maximum absolute atomic E-state index is 12.9. The van der Waals surface area contributed by atoms with E-state index in [1.807, 2.05) is 69.3 Å². The summed E-state index contributed by atoms with van der Waals surface area (Å²) in [5.41, 5.74) is 3.57. The molecule has 0 radical (unpaired) electrons. The highest BCUT2D eigenvalue weighted by molar-refractivity contribution is 5.90. The number of amides is 3. The molecule has 5 nitrogen and oxygen atoms in total. The maximum atomic E-state index is 12.9. The van der Waals surface area contributed by atoms with Crippen LogP contribution >= 0.6 is 0 Å². The second kappa shape index (κ2) is 8.46. The molecule has 28 heavy (non-hydrogen) atoms. The molecule has 0 unspecified atom stereocenters. The van der Waals surface area contributed by atoms with Crippen molar-refractivity contribution < 1.29 is 9.59 Å². The second-order valence-electron chi connectivity index (χ2n) is 8.05. The number of carbonyl (C=O) groups excluding carboxylic acids is 2. The fourth-order valence-corrected chi connectivity index (χ4v) is 3.63. The van der Waals surface area contributed by atoms with Crippen molar-refractivity contribution in [1.82, 2.24) is 10.2 Å². The lowest BCUT2D eigenvalue weighted by Gasteiger charge is -2.39. The van der Waals surface area contributed by atoms with Crippen molar-refractivity contribution in [2.75, 3.05) is 18.4 Å². The lowest BCUT2D eigenvalue weighted by Crippen LogP contribution is -2.52. The van der Waals surface area contributed by atoms with Crippen LogP contribution in [0.1, 0.15) is 36.5 Å². The molecule has 3 rings (SSSR count). The van der Waals surface area contributed by atoms with E-state index in [2.05, 4.69) is 10.6 Å². The number of anilines is 1. The van der Waals surface area contributed by atoms with Gasteiger partial charge in [-0.15, -0.1) is 0 Å². The first-order valence-electron chi connectivity index (χ1n) is 9.82. The standard InChI is InChI=1S/C23H29N3O2/c1-17-8-10-19(11-9-17)15-24-21(27)23(3)12-5-13-26(16-23)22(28)25-20-7-4-6-18(2)14-20/h4,6-11,14H,5,12-13,15-16H2,1-3H3,(H,24,27)(H,25,28)/t23-/m0/s1. The first-order chi connectivity index (χ1) is 13.4. The van der Waals surface area contributed by atoms with Gasteiger partial charge < -0.3 is 15.5 Å². The van der Waals surface area contributed by atoms with Crippen molar-refractivity contribution in [2.24, 2.45) is 5.41 Å². The van der Waals surface area contributed by atoms with E-state index in [0.29, 0.717) is 19.6 Å².